The predicted molar refractivity (Wildman–Crippen MR) is 82.1 cm³/mol. The third-order valence-corrected chi connectivity index (χ3v) is 3.10. The average Bonchev–Trinajstić information content (AvgIpc) is 2.32. The van der Waals surface area contributed by atoms with Gasteiger partial charge in [0.05, 0.1) is 12.3 Å². The molecular weight excluding hydrogens is 276 g/mol. The van der Waals surface area contributed by atoms with Gasteiger partial charge in [-0.3, -0.25) is 10.3 Å². The number of nitrogens with zero attached hydrogens (tertiary/aromatic N) is 1. The molecule has 0 atom stereocenters. The average molecular weight is 298 g/mol. The highest BCUT2D eigenvalue weighted by molar-refractivity contribution is 7.98. The molecule has 0 spiro atoms. The number of amides is 1. The first-order valence-electron chi connectivity index (χ1n) is 6.42. The molecule has 0 bridgehead atoms. The zero-order chi connectivity index (χ0) is 15.0. The first-order chi connectivity index (χ1) is 9.40. The number of pyridine rings is 1. The summed E-state index contributed by atoms with van der Waals surface area (Å²) in [5.74, 6) is 1.70. The molecule has 112 valence electrons. The van der Waals surface area contributed by atoms with Crippen LogP contribution in [0.2, 0.25) is 0 Å². The Bertz CT molecular complexity index is 433. The second-order valence-electron chi connectivity index (χ2n) is 5.21. The lowest BCUT2D eigenvalue weighted by atomic mass is 10.2. The van der Waals surface area contributed by atoms with Crippen LogP contribution in [-0.2, 0) is 15.2 Å². The molecule has 0 aliphatic heterocycles. The van der Waals surface area contributed by atoms with Crippen LogP contribution in [-0.4, -0.2) is 36.1 Å². The minimum atomic E-state index is -0.504. The van der Waals surface area contributed by atoms with Crippen LogP contribution in [0.3, 0.4) is 0 Å². The van der Waals surface area contributed by atoms with E-state index in [1.807, 2.05) is 26.8 Å². The smallest absolute Gasteiger partial charge is 0.412 e. The standard InChI is InChI=1S/C14H22N2O3S/c1-14(2,3)19-13(17)16-11-5-6-15-12(9-11)10-20-8-7-18-4/h5-6,9H,7-8,10H2,1-4H3,(H,15,16,17). The van der Waals surface area contributed by atoms with Gasteiger partial charge in [0.2, 0.25) is 0 Å². The van der Waals surface area contributed by atoms with Crippen molar-refractivity contribution in [3.05, 3.63) is 24.0 Å². The Morgan fingerprint density at radius 1 is 1.45 bits per heavy atom. The largest absolute Gasteiger partial charge is 0.444 e. The lowest BCUT2D eigenvalue weighted by Crippen LogP contribution is -2.27. The van der Waals surface area contributed by atoms with Crippen molar-refractivity contribution in [1.82, 2.24) is 4.98 Å². The Morgan fingerprint density at radius 2 is 2.20 bits per heavy atom. The van der Waals surface area contributed by atoms with Gasteiger partial charge < -0.3 is 9.47 Å². The molecule has 0 unspecified atom stereocenters. The summed E-state index contributed by atoms with van der Waals surface area (Å²) in [4.78, 5) is 15.9. The number of thioether (sulfide) groups is 1. The maximum atomic E-state index is 11.7. The topological polar surface area (TPSA) is 60.5 Å². The molecule has 0 aromatic carbocycles. The van der Waals surface area contributed by atoms with Gasteiger partial charge in [0.25, 0.3) is 0 Å². The number of aromatic nitrogens is 1. The summed E-state index contributed by atoms with van der Waals surface area (Å²) in [6.07, 6.45) is 1.22. The van der Waals surface area contributed by atoms with Gasteiger partial charge in [-0.25, -0.2) is 4.79 Å². The fraction of sp³-hybridized carbons (Fsp3) is 0.571. The number of carbonyl (C=O) groups excluding carboxylic acids is 1. The van der Waals surface area contributed by atoms with Crippen molar-refractivity contribution >= 4 is 23.5 Å². The molecule has 0 aliphatic carbocycles. The molecule has 1 heterocycles. The molecule has 0 radical (unpaired) electrons. The fourth-order valence-corrected chi connectivity index (χ4v) is 2.17. The second kappa shape index (κ2) is 8.11. The summed E-state index contributed by atoms with van der Waals surface area (Å²) in [6.45, 7) is 6.21. The van der Waals surface area contributed by atoms with Gasteiger partial charge in [-0.05, 0) is 32.9 Å². The Hall–Kier alpha value is -1.27. The molecule has 0 fully saturated rings. The summed E-state index contributed by atoms with van der Waals surface area (Å²) >= 11 is 1.74. The van der Waals surface area contributed by atoms with Crippen LogP contribution in [0.15, 0.2) is 18.3 Å². The van der Waals surface area contributed by atoms with Crippen molar-refractivity contribution in [2.24, 2.45) is 0 Å². The highest BCUT2D eigenvalue weighted by atomic mass is 32.2. The maximum Gasteiger partial charge on any atom is 0.412 e. The van der Waals surface area contributed by atoms with E-state index < -0.39 is 11.7 Å². The van der Waals surface area contributed by atoms with Crippen molar-refractivity contribution in [2.45, 2.75) is 32.1 Å². The van der Waals surface area contributed by atoms with Gasteiger partial charge >= 0.3 is 6.09 Å². The lowest BCUT2D eigenvalue weighted by molar-refractivity contribution is 0.0636. The highest BCUT2D eigenvalue weighted by Crippen LogP contribution is 2.15. The summed E-state index contributed by atoms with van der Waals surface area (Å²) in [5, 5.41) is 2.71. The number of nitrogens with one attached hydrogen (secondary N) is 1. The number of hydrogen-bond donors (Lipinski definition) is 1. The third kappa shape index (κ3) is 7.35. The molecule has 1 aromatic heterocycles. The predicted octanol–water partition coefficient (Wildman–Crippen LogP) is 3.31. The van der Waals surface area contributed by atoms with E-state index in [2.05, 4.69) is 10.3 Å². The molecule has 20 heavy (non-hydrogen) atoms. The summed E-state index contributed by atoms with van der Waals surface area (Å²) in [6, 6.07) is 3.59. The van der Waals surface area contributed by atoms with Crippen LogP contribution in [0.25, 0.3) is 0 Å². The molecule has 1 N–H and O–H groups in total. The van der Waals surface area contributed by atoms with E-state index in [-0.39, 0.29) is 0 Å². The molecule has 0 saturated heterocycles. The normalized spacial score (nSPS) is 11.2. The highest BCUT2D eigenvalue weighted by Gasteiger charge is 2.16. The van der Waals surface area contributed by atoms with Gasteiger partial charge in [0.15, 0.2) is 0 Å². The molecule has 1 amide bonds. The van der Waals surface area contributed by atoms with Gasteiger partial charge in [0.1, 0.15) is 5.60 Å². The van der Waals surface area contributed by atoms with Crippen molar-refractivity contribution in [2.75, 3.05) is 24.8 Å². The summed E-state index contributed by atoms with van der Waals surface area (Å²) in [7, 11) is 1.68. The number of hydrogen-bond acceptors (Lipinski definition) is 5. The minimum Gasteiger partial charge on any atom is -0.444 e. The van der Waals surface area contributed by atoms with E-state index >= 15 is 0 Å². The third-order valence-electron chi connectivity index (χ3n) is 2.14. The van der Waals surface area contributed by atoms with E-state index in [1.54, 1.807) is 31.1 Å². The van der Waals surface area contributed by atoms with Crippen LogP contribution in [0.4, 0.5) is 10.5 Å². The van der Waals surface area contributed by atoms with Crippen molar-refractivity contribution in [3.8, 4) is 0 Å². The van der Waals surface area contributed by atoms with E-state index in [0.717, 1.165) is 23.8 Å². The Kier molecular flexibility index (Phi) is 6.81. The molecule has 0 aliphatic rings. The zero-order valence-electron chi connectivity index (χ0n) is 12.4. The van der Waals surface area contributed by atoms with Crippen LogP contribution in [0.5, 0.6) is 0 Å². The van der Waals surface area contributed by atoms with E-state index in [9.17, 15) is 4.79 Å². The van der Waals surface area contributed by atoms with Gasteiger partial charge in [-0.2, -0.15) is 11.8 Å². The quantitative estimate of drug-likeness (QED) is 0.816. The monoisotopic (exact) mass is 298 g/mol. The number of anilines is 1. The molecule has 6 heteroatoms. The first-order valence-corrected chi connectivity index (χ1v) is 7.58. The summed E-state index contributed by atoms with van der Waals surface area (Å²) < 4.78 is 10.2. The lowest BCUT2D eigenvalue weighted by Gasteiger charge is -2.19. The van der Waals surface area contributed by atoms with Gasteiger partial charge in [-0.15, -0.1) is 0 Å². The Labute approximate surface area is 124 Å². The van der Waals surface area contributed by atoms with E-state index in [4.69, 9.17) is 9.47 Å². The van der Waals surface area contributed by atoms with Crippen LogP contribution in [0.1, 0.15) is 26.5 Å². The first kappa shape index (κ1) is 16.8. The molecule has 0 saturated carbocycles. The maximum absolute atomic E-state index is 11.7. The van der Waals surface area contributed by atoms with Crippen LogP contribution < -0.4 is 5.32 Å². The Morgan fingerprint density at radius 3 is 2.85 bits per heavy atom. The van der Waals surface area contributed by atoms with Crippen LogP contribution in [0, 0.1) is 0 Å². The second-order valence-corrected chi connectivity index (χ2v) is 6.31. The van der Waals surface area contributed by atoms with Crippen molar-refractivity contribution < 1.29 is 14.3 Å². The van der Waals surface area contributed by atoms with Crippen molar-refractivity contribution in [3.63, 3.8) is 0 Å². The molecule has 5 nitrogen and oxygen atoms in total. The molecule has 1 rings (SSSR count). The zero-order valence-corrected chi connectivity index (χ0v) is 13.3. The molecular formula is C14H22N2O3S. The van der Waals surface area contributed by atoms with E-state index in [1.165, 1.54) is 0 Å². The van der Waals surface area contributed by atoms with Gasteiger partial charge in [0, 0.05) is 30.5 Å². The van der Waals surface area contributed by atoms with Crippen LogP contribution >= 0.6 is 11.8 Å². The fourth-order valence-electron chi connectivity index (χ4n) is 1.38. The number of methoxy groups -OCH3 is 1. The number of ether oxygens (including phenoxy) is 2. The molecule has 1 aromatic rings. The summed E-state index contributed by atoms with van der Waals surface area (Å²) in [5.41, 5.74) is 1.10. The Balaban J connectivity index is 2.49. The minimum absolute atomic E-state index is 0.457. The van der Waals surface area contributed by atoms with Crippen molar-refractivity contribution in [1.29, 1.82) is 0 Å². The van der Waals surface area contributed by atoms with E-state index in [0.29, 0.717) is 5.69 Å². The van der Waals surface area contributed by atoms with Gasteiger partial charge in [-0.1, -0.05) is 0 Å². The number of rotatable bonds is 6. The number of carbonyl (C=O) groups is 1. The SMILES string of the molecule is COCCSCc1cc(NC(=O)OC(C)(C)C)ccn1.